The Morgan fingerprint density at radius 3 is 2.78 bits per heavy atom. The topological polar surface area (TPSA) is 32.3 Å². The number of piperazine rings is 1. The number of nitrogens with zero attached hydrogens (tertiary/aromatic N) is 1. The van der Waals surface area contributed by atoms with Crippen LogP contribution in [-0.4, -0.2) is 36.5 Å². The van der Waals surface area contributed by atoms with Crippen LogP contribution in [0.25, 0.3) is 0 Å². The number of hydrogen-bond donors (Lipinski definition) is 1. The van der Waals surface area contributed by atoms with Crippen LogP contribution in [0, 0.1) is 0 Å². The molecule has 9 heavy (non-hydrogen) atoms. The van der Waals surface area contributed by atoms with Crippen molar-refractivity contribution in [2.45, 2.75) is 18.5 Å². The van der Waals surface area contributed by atoms with Gasteiger partial charge in [0.2, 0.25) is 5.91 Å². The summed E-state index contributed by atoms with van der Waals surface area (Å²) in [6, 6.07) is 0.756. The first-order chi connectivity index (χ1) is 4.27. The minimum atomic E-state index is 0.161. The first kappa shape index (κ1) is 5.23. The fourth-order valence-electron chi connectivity index (χ4n) is 1.53. The molecule has 1 N–H and O–H groups in total. The molecule has 0 radical (unpaired) electrons. The van der Waals surface area contributed by atoms with Gasteiger partial charge in [0.1, 0.15) is 0 Å². The quantitative estimate of drug-likeness (QED) is 0.460. The van der Waals surface area contributed by atoms with Gasteiger partial charge in [0.15, 0.2) is 0 Å². The number of amides is 1. The smallest absolute Gasteiger partial charge is 0.239 e. The average molecular weight is 126 g/mol. The molecule has 3 aliphatic heterocycles. The van der Waals surface area contributed by atoms with Crippen molar-refractivity contribution in [1.82, 2.24) is 10.2 Å². The summed E-state index contributed by atoms with van der Waals surface area (Å²) in [5, 5.41) is 3.17. The van der Waals surface area contributed by atoms with Crippen molar-refractivity contribution >= 4 is 5.91 Å². The van der Waals surface area contributed by atoms with E-state index in [1.54, 1.807) is 4.90 Å². The molecule has 0 spiro atoms. The van der Waals surface area contributed by atoms with E-state index < -0.39 is 0 Å². The van der Waals surface area contributed by atoms with Crippen LogP contribution in [0.5, 0.6) is 0 Å². The van der Waals surface area contributed by atoms with Crippen molar-refractivity contribution in [3.8, 4) is 0 Å². The van der Waals surface area contributed by atoms with Gasteiger partial charge in [-0.15, -0.1) is 0 Å². The Hall–Kier alpha value is -0.570. The predicted molar refractivity (Wildman–Crippen MR) is 33.0 cm³/mol. The van der Waals surface area contributed by atoms with Crippen molar-refractivity contribution in [2.24, 2.45) is 0 Å². The molecule has 0 aromatic heterocycles. The molecule has 0 aromatic carbocycles. The number of carbonyl (C=O) groups excluding carboxylic acids is 1. The third-order valence-electron chi connectivity index (χ3n) is 2.13. The van der Waals surface area contributed by atoms with Crippen LogP contribution < -0.4 is 5.32 Å². The lowest BCUT2D eigenvalue weighted by Gasteiger charge is -2.45. The van der Waals surface area contributed by atoms with E-state index in [1.165, 1.54) is 0 Å². The summed E-state index contributed by atoms with van der Waals surface area (Å²) in [6.07, 6.45) is 1.06. The largest absolute Gasteiger partial charge is 0.343 e. The monoisotopic (exact) mass is 126 g/mol. The van der Waals surface area contributed by atoms with E-state index in [0.29, 0.717) is 6.04 Å². The molecule has 2 atom stereocenters. The second kappa shape index (κ2) is 1.48. The molecule has 3 rings (SSSR count). The Balaban J connectivity index is 2.13. The molecule has 0 aromatic rings. The standard InChI is InChI=1S/C6H10N2O/c1-8-3-4-2-5(7-4)6(8)9/h4-5,7H,2-3H2,1H3/t4-,5+/m1/s1. The second-order valence-corrected chi connectivity index (χ2v) is 2.87. The zero-order valence-electron chi connectivity index (χ0n) is 5.42. The maximum Gasteiger partial charge on any atom is 0.239 e. The van der Waals surface area contributed by atoms with E-state index in [-0.39, 0.29) is 11.9 Å². The maximum atomic E-state index is 11.0. The van der Waals surface area contributed by atoms with Gasteiger partial charge in [-0.2, -0.15) is 0 Å². The van der Waals surface area contributed by atoms with Crippen LogP contribution in [0.1, 0.15) is 6.42 Å². The molecule has 0 aliphatic carbocycles. The second-order valence-electron chi connectivity index (χ2n) is 2.87. The summed E-state index contributed by atoms with van der Waals surface area (Å²) < 4.78 is 0. The molecule has 3 heteroatoms. The first-order valence-electron chi connectivity index (χ1n) is 3.28. The van der Waals surface area contributed by atoms with Gasteiger partial charge in [-0.25, -0.2) is 0 Å². The SMILES string of the molecule is CN1C[C@H]2C[C@H](N2)C1=O. The zero-order chi connectivity index (χ0) is 6.43. The van der Waals surface area contributed by atoms with E-state index in [1.807, 2.05) is 7.05 Å². The minimum absolute atomic E-state index is 0.161. The number of likely N-dealkylation sites (N-methyl/N-ethyl adjacent to an activating group) is 1. The zero-order valence-corrected chi connectivity index (χ0v) is 5.42. The molecule has 3 fully saturated rings. The maximum absolute atomic E-state index is 11.0. The highest BCUT2D eigenvalue weighted by atomic mass is 16.2. The van der Waals surface area contributed by atoms with Crippen molar-refractivity contribution in [3.63, 3.8) is 0 Å². The Morgan fingerprint density at radius 2 is 2.44 bits per heavy atom. The van der Waals surface area contributed by atoms with Gasteiger partial charge in [-0.1, -0.05) is 0 Å². The van der Waals surface area contributed by atoms with Gasteiger partial charge >= 0.3 is 0 Å². The molecule has 50 valence electrons. The summed E-state index contributed by atoms with van der Waals surface area (Å²) in [7, 11) is 1.86. The van der Waals surface area contributed by atoms with Crippen LogP contribution >= 0.6 is 0 Å². The van der Waals surface area contributed by atoms with Crippen molar-refractivity contribution < 1.29 is 4.79 Å². The van der Waals surface area contributed by atoms with Gasteiger partial charge in [0.05, 0.1) is 6.04 Å². The summed E-state index contributed by atoms with van der Waals surface area (Å²) in [4.78, 5) is 12.8. The van der Waals surface area contributed by atoms with Gasteiger partial charge in [-0.3, -0.25) is 4.79 Å². The summed E-state index contributed by atoms with van der Waals surface area (Å²) in [5.41, 5.74) is 0. The van der Waals surface area contributed by atoms with Crippen molar-refractivity contribution in [1.29, 1.82) is 0 Å². The van der Waals surface area contributed by atoms with Crippen LogP contribution in [0.15, 0.2) is 0 Å². The van der Waals surface area contributed by atoms with E-state index in [4.69, 9.17) is 0 Å². The molecule has 3 saturated heterocycles. The van der Waals surface area contributed by atoms with Crippen LogP contribution in [-0.2, 0) is 4.79 Å². The van der Waals surface area contributed by atoms with E-state index in [9.17, 15) is 4.79 Å². The van der Waals surface area contributed by atoms with Crippen LogP contribution in [0.2, 0.25) is 0 Å². The van der Waals surface area contributed by atoms with E-state index >= 15 is 0 Å². The third kappa shape index (κ3) is 0.580. The van der Waals surface area contributed by atoms with Gasteiger partial charge in [-0.05, 0) is 6.42 Å². The Labute approximate surface area is 54.0 Å². The number of piperidine rings is 1. The first-order valence-corrected chi connectivity index (χ1v) is 3.28. The van der Waals surface area contributed by atoms with Crippen molar-refractivity contribution in [2.75, 3.05) is 13.6 Å². The fraction of sp³-hybridized carbons (Fsp3) is 0.833. The molecule has 0 unspecified atom stereocenters. The summed E-state index contributed by atoms with van der Waals surface area (Å²) in [5.74, 6) is 0.262. The molecule has 1 amide bonds. The lowest BCUT2D eigenvalue weighted by atomic mass is 9.91. The molecule has 3 nitrogen and oxygen atoms in total. The highest BCUT2D eigenvalue weighted by Gasteiger charge is 2.41. The Bertz CT molecular complexity index is 147. The molecular weight excluding hydrogens is 116 g/mol. The molecular formula is C6H10N2O. The van der Waals surface area contributed by atoms with E-state index in [0.717, 1.165) is 13.0 Å². The number of fused-ring (bicyclic) bond motifs is 2. The fourth-order valence-corrected chi connectivity index (χ4v) is 1.53. The molecule has 0 saturated carbocycles. The predicted octanol–water partition coefficient (Wildman–Crippen LogP) is -0.811. The van der Waals surface area contributed by atoms with Gasteiger partial charge in [0.25, 0.3) is 0 Å². The van der Waals surface area contributed by atoms with E-state index in [2.05, 4.69) is 5.32 Å². The minimum Gasteiger partial charge on any atom is -0.343 e. The number of hydrogen-bond acceptors (Lipinski definition) is 2. The van der Waals surface area contributed by atoms with Crippen LogP contribution in [0.3, 0.4) is 0 Å². The summed E-state index contributed by atoms with van der Waals surface area (Å²) in [6.45, 7) is 0.898. The van der Waals surface area contributed by atoms with Gasteiger partial charge in [0, 0.05) is 19.6 Å². The Morgan fingerprint density at radius 1 is 1.78 bits per heavy atom. The number of carbonyl (C=O) groups is 1. The molecule has 3 heterocycles. The van der Waals surface area contributed by atoms with Crippen molar-refractivity contribution in [3.05, 3.63) is 0 Å². The molecule has 3 aliphatic rings. The normalized spacial score (nSPS) is 40.6. The Kier molecular flexibility index (Phi) is 0.858. The average Bonchev–Trinajstić information content (AvgIpc) is 1.72. The van der Waals surface area contributed by atoms with Gasteiger partial charge < -0.3 is 10.2 Å². The number of rotatable bonds is 0. The summed E-state index contributed by atoms with van der Waals surface area (Å²) >= 11 is 0. The highest BCUT2D eigenvalue weighted by molar-refractivity contribution is 5.84. The highest BCUT2D eigenvalue weighted by Crippen LogP contribution is 2.20. The third-order valence-corrected chi connectivity index (χ3v) is 2.13. The molecule has 2 bridgehead atoms. The number of nitrogens with one attached hydrogen (secondary N) is 1. The lowest BCUT2D eigenvalue weighted by Crippen LogP contribution is -2.68. The lowest BCUT2D eigenvalue weighted by molar-refractivity contribution is -0.141. The van der Waals surface area contributed by atoms with Crippen LogP contribution in [0.4, 0.5) is 0 Å².